The second kappa shape index (κ2) is 8.90. The van der Waals surface area contributed by atoms with Gasteiger partial charge in [-0.3, -0.25) is 4.79 Å². The summed E-state index contributed by atoms with van der Waals surface area (Å²) < 4.78 is 18.7. The van der Waals surface area contributed by atoms with E-state index in [-0.39, 0.29) is 23.5 Å². The molecule has 0 fully saturated rings. The minimum atomic E-state index is -0.374. The molecule has 5 heteroatoms. The largest absolute Gasteiger partial charge is 0.485 e. The first-order chi connectivity index (χ1) is 11.2. The number of hydrogen-bond donors (Lipinski definition) is 2. The third kappa shape index (κ3) is 5.71. The number of quaternary nitrogens is 1. The van der Waals surface area contributed by atoms with Gasteiger partial charge in [-0.15, -0.1) is 0 Å². The molecule has 0 radical (unpaired) electrons. The summed E-state index contributed by atoms with van der Waals surface area (Å²) in [7, 11) is 0. The Balaban J connectivity index is 1.65. The molecule has 3 N–H and O–H groups in total. The summed E-state index contributed by atoms with van der Waals surface area (Å²) in [5.74, 6) is -0.164. The fourth-order valence-corrected chi connectivity index (χ4v) is 2.10. The Morgan fingerprint density at radius 1 is 1.17 bits per heavy atom. The van der Waals surface area contributed by atoms with E-state index in [1.165, 1.54) is 6.07 Å². The van der Waals surface area contributed by atoms with Crippen LogP contribution in [0.3, 0.4) is 0 Å². The van der Waals surface area contributed by atoms with E-state index in [4.69, 9.17) is 4.74 Å². The first-order valence-corrected chi connectivity index (χ1v) is 7.69. The second-order valence-electron chi connectivity index (χ2n) is 5.30. The highest BCUT2D eigenvalue weighted by Gasteiger charge is 2.15. The van der Waals surface area contributed by atoms with Crippen molar-refractivity contribution in [3.8, 4) is 5.75 Å². The minimum Gasteiger partial charge on any atom is -0.485 e. The topological polar surface area (TPSA) is 54.9 Å². The quantitative estimate of drug-likeness (QED) is 0.725. The molecular weight excluding hydrogens is 295 g/mol. The van der Waals surface area contributed by atoms with Crippen LogP contribution in [0.25, 0.3) is 0 Å². The molecule has 0 heterocycles. The third-order valence-electron chi connectivity index (χ3n) is 3.46. The van der Waals surface area contributed by atoms with Gasteiger partial charge in [-0.1, -0.05) is 42.5 Å². The Kier molecular flexibility index (Phi) is 6.56. The molecule has 0 saturated heterocycles. The van der Waals surface area contributed by atoms with E-state index >= 15 is 0 Å². The maximum atomic E-state index is 13.4. The van der Waals surface area contributed by atoms with Crippen molar-refractivity contribution in [3.05, 3.63) is 66.0 Å². The molecule has 2 aromatic carbocycles. The lowest BCUT2D eigenvalue weighted by Crippen LogP contribution is -2.92. The molecule has 0 bridgehead atoms. The van der Waals surface area contributed by atoms with Gasteiger partial charge in [0.2, 0.25) is 0 Å². The summed E-state index contributed by atoms with van der Waals surface area (Å²) in [5.41, 5.74) is 1.07. The van der Waals surface area contributed by atoms with Crippen LogP contribution in [0.1, 0.15) is 12.5 Å². The molecule has 122 valence electrons. The molecule has 0 saturated carbocycles. The maximum Gasteiger partial charge on any atom is 0.278 e. The number of para-hydroxylation sites is 1. The summed E-state index contributed by atoms with van der Waals surface area (Å²) in [6.45, 7) is 3.28. The van der Waals surface area contributed by atoms with E-state index in [0.717, 1.165) is 5.56 Å². The fraction of sp³-hybridized carbons (Fsp3) is 0.278. The highest BCUT2D eigenvalue weighted by Crippen LogP contribution is 2.14. The molecule has 23 heavy (non-hydrogen) atoms. The van der Waals surface area contributed by atoms with Crippen molar-refractivity contribution >= 4 is 5.91 Å². The monoisotopic (exact) mass is 317 g/mol. The maximum absolute atomic E-state index is 13.4. The lowest BCUT2D eigenvalue weighted by molar-refractivity contribution is -0.674. The van der Waals surface area contributed by atoms with Gasteiger partial charge in [0.15, 0.2) is 17.6 Å². The van der Waals surface area contributed by atoms with E-state index in [9.17, 15) is 9.18 Å². The predicted octanol–water partition coefficient (Wildman–Crippen LogP) is 1.47. The third-order valence-corrected chi connectivity index (χ3v) is 3.46. The van der Waals surface area contributed by atoms with Crippen molar-refractivity contribution in [1.82, 2.24) is 5.32 Å². The van der Waals surface area contributed by atoms with Gasteiger partial charge in [0.1, 0.15) is 13.2 Å². The van der Waals surface area contributed by atoms with Gasteiger partial charge in [-0.25, -0.2) is 4.39 Å². The molecule has 2 aromatic rings. The van der Waals surface area contributed by atoms with Crippen molar-refractivity contribution in [2.45, 2.75) is 19.5 Å². The number of amides is 1. The van der Waals surface area contributed by atoms with Crippen LogP contribution in [0.4, 0.5) is 4.39 Å². The van der Waals surface area contributed by atoms with Crippen LogP contribution in [0.15, 0.2) is 54.6 Å². The first-order valence-electron chi connectivity index (χ1n) is 7.69. The Hall–Kier alpha value is -2.40. The smallest absolute Gasteiger partial charge is 0.278 e. The molecule has 4 nitrogen and oxygen atoms in total. The van der Waals surface area contributed by atoms with Gasteiger partial charge in [-0.05, 0) is 24.6 Å². The van der Waals surface area contributed by atoms with Crippen LogP contribution in [0.2, 0.25) is 0 Å². The highest BCUT2D eigenvalue weighted by molar-refractivity contribution is 5.79. The normalized spacial score (nSPS) is 11.7. The summed E-state index contributed by atoms with van der Waals surface area (Å²) in [4.78, 5) is 12.0. The summed E-state index contributed by atoms with van der Waals surface area (Å²) >= 11 is 0. The molecule has 1 amide bonds. The summed E-state index contributed by atoms with van der Waals surface area (Å²) in [5, 5.41) is 4.77. The van der Waals surface area contributed by atoms with E-state index in [0.29, 0.717) is 19.7 Å². The predicted molar refractivity (Wildman–Crippen MR) is 86.4 cm³/mol. The van der Waals surface area contributed by atoms with Crippen molar-refractivity contribution in [2.24, 2.45) is 0 Å². The molecule has 0 aliphatic rings. The zero-order valence-corrected chi connectivity index (χ0v) is 13.2. The first kappa shape index (κ1) is 17.0. The SMILES string of the molecule is C[C@@H]([NH2+]CCOc1ccccc1F)C(=O)NCc1ccccc1. The molecule has 0 aromatic heterocycles. The van der Waals surface area contributed by atoms with Gasteiger partial charge in [0.25, 0.3) is 5.91 Å². The highest BCUT2D eigenvalue weighted by atomic mass is 19.1. The Bertz CT molecular complexity index is 619. The van der Waals surface area contributed by atoms with E-state index in [1.54, 1.807) is 18.2 Å². The summed E-state index contributed by atoms with van der Waals surface area (Å²) in [6.07, 6.45) is 0. The molecule has 1 atom stereocenters. The number of halogens is 1. The average Bonchev–Trinajstić information content (AvgIpc) is 2.58. The Morgan fingerprint density at radius 3 is 2.61 bits per heavy atom. The molecule has 0 aliphatic carbocycles. The van der Waals surface area contributed by atoms with Crippen LogP contribution in [-0.2, 0) is 11.3 Å². The number of nitrogens with one attached hydrogen (secondary N) is 1. The van der Waals surface area contributed by atoms with E-state index in [1.807, 2.05) is 42.6 Å². The van der Waals surface area contributed by atoms with Crippen molar-refractivity contribution in [3.63, 3.8) is 0 Å². The lowest BCUT2D eigenvalue weighted by atomic mass is 10.2. The van der Waals surface area contributed by atoms with Gasteiger partial charge in [0, 0.05) is 6.54 Å². The van der Waals surface area contributed by atoms with Gasteiger partial charge in [0.05, 0.1) is 0 Å². The van der Waals surface area contributed by atoms with E-state index in [2.05, 4.69) is 5.32 Å². The van der Waals surface area contributed by atoms with Crippen molar-refractivity contribution < 1.29 is 19.2 Å². The number of hydrogen-bond acceptors (Lipinski definition) is 2. The zero-order chi connectivity index (χ0) is 16.5. The fourth-order valence-electron chi connectivity index (χ4n) is 2.10. The lowest BCUT2D eigenvalue weighted by Gasteiger charge is -2.12. The van der Waals surface area contributed by atoms with Crippen LogP contribution in [0.5, 0.6) is 5.75 Å². The van der Waals surface area contributed by atoms with Crippen LogP contribution in [-0.4, -0.2) is 25.1 Å². The molecule has 0 aliphatic heterocycles. The second-order valence-corrected chi connectivity index (χ2v) is 5.30. The minimum absolute atomic E-state index is 0.0280. The van der Waals surface area contributed by atoms with Crippen molar-refractivity contribution in [1.29, 1.82) is 0 Å². The van der Waals surface area contributed by atoms with Crippen molar-refractivity contribution in [2.75, 3.05) is 13.2 Å². The number of nitrogens with two attached hydrogens (primary N) is 1. The Labute approximate surface area is 135 Å². The zero-order valence-electron chi connectivity index (χ0n) is 13.2. The summed E-state index contributed by atoms with van der Waals surface area (Å²) in [6, 6.07) is 15.8. The molecular formula is C18H22FN2O2+. The van der Waals surface area contributed by atoms with Crippen LogP contribution < -0.4 is 15.4 Å². The standard InChI is InChI=1S/C18H21FN2O2/c1-14(18(22)21-13-15-7-3-2-4-8-15)20-11-12-23-17-10-6-5-9-16(17)19/h2-10,14,20H,11-13H2,1H3,(H,21,22)/p+1/t14-/m1/s1. The number of ether oxygens (including phenoxy) is 1. The Morgan fingerprint density at radius 2 is 1.87 bits per heavy atom. The van der Waals surface area contributed by atoms with Gasteiger partial charge >= 0.3 is 0 Å². The molecule has 0 unspecified atom stereocenters. The number of carbonyl (C=O) groups is 1. The molecule has 2 rings (SSSR count). The van der Waals surface area contributed by atoms with Gasteiger partial charge in [-0.2, -0.15) is 0 Å². The average molecular weight is 317 g/mol. The number of rotatable bonds is 8. The van der Waals surface area contributed by atoms with Gasteiger partial charge < -0.3 is 15.4 Å². The molecule has 0 spiro atoms. The van der Waals surface area contributed by atoms with Crippen LogP contribution in [0, 0.1) is 5.82 Å². The van der Waals surface area contributed by atoms with Crippen LogP contribution >= 0.6 is 0 Å². The van der Waals surface area contributed by atoms with E-state index < -0.39 is 0 Å². The number of carbonyl (C=O) groups excluding carboxylic acids is 1. The number of benzene rings is 2.